The van der Waals surface area contributed by atoms with Gasteiger partial charge in [0.15, 0.2) is 0 Å². The van der Waals surface area contributed by atoms with Gasteiger partial charge >= 0.3 is 6.18 Å². The van der Waals surface area contributed by atoms with Gasteiger partial charge in [0.05, 0.1) is 0 Å². The Labute approximate surface area is 94.2 Å². The molecule has 1 aromatic heterocycles. The van der Waals surface area contributed by atoms with Gasteiger partial charge in [-0.2, -0.15) is 18.2 Å². The maximum atomic E-state index is 12.3. The fraction of sp³-hybridized carbons (Fsp3) is 0.200. The SMILES string of the molecule is Cc1cc(-c2nc(C(F)(F)F)no2)ccc1N. The van der Waals surface area contributed by atoms with Crippen LogP contribution < -0.4 is 5.73 Å². The number of nitrogens with two attached hydrogens (primary N) is 1. The molecule has 17 heavy (non-hydrogen) atoms. The zero-order chi connectivity index (χ0) is 12.6. The van der Waals surface area contributed by atoms with Crippen LogP contribution in [0.25, 0.3) is 11.5 Å². The molecule has 0 amide bonds. The van der Waals surface area contributed by atoms with Crippen LogP contribution in [0.4, 0.5) is 18.9 Å². The van der Waals surface area contributed by atoms with Gasteiger partial charge in [0.2, 0.25) is 0 Å². The molecular weight excluding hydrogens is 235 g/mol. The number of halogens is 3. The Balaban J connectivity index is 2.40. The molecule has 0 aliphatic rings. The minimum Gasteiger partial charge on any atom is -0.399 e. The van der Waals surface area contributed by atoms with E-state index in [0.29, 0.717) is 11.3 Å². The van der Waals surface area contributed by atoms with Gasteiger partial charge in [0, 0.05) is 11.3 Å². The Hall–Kier alpha value is -2.05. The zero-order valence-corrected chi connectivity index (χ0v) is 8.75. The fourth-order valence-corrected chi connectivity index (χ4v) is 1.26. The minimum absolute atomic E-state index is 0.180. The molecule has 4 nitrogen and oxygen atoms in total. The van der Waals surface area contributed by atoms with E-state index in [0.717, 1.165) is 5.56 Å². The van der Waals surface area contributed by atoms with Crippen LogP contribution in [-0.4, -0.2) is 10.1 Å². The number of alkyl halides is 3. The van der Waals surface area contributed by atoms with E-state index < -0.39 is 12.0 Å². The zero-order valence-electron chi connectivity index (χ0n) is 8.75. The molecular formula is C10H8F3N3O. The summed E-state index contributed by atoms with van der Waals surface area (Å²) >= 11 is 0. The number of hydrogen-bond donors (Lipinski definition) is 1. The lowest BCUT2D eigenvalue weighted by Gasteiger charge is -2.00. The molecule has 0 aliphatic heterocycles. The summed E-state index contributed by atoms with van der Waals surface area (Å²) in [6, 6.07) is 4.68. The molecule has 0 saturated heterocycles. The summed E-state index contributed by atoms with van der Waals surface area (Å²) in [7, 11) is 0. The summed E-state index contributed by atoms with van der Waals surface area (Å²) in [4.78, 5) is 3.28. The quantitative estimate of drug-likeness (QED) is 0.782. The molecule has 7 heteroatoms. The smallest absolute Gasteiger partial charge is 0.399 e. The lowest BCUT2D eigenvalue weighted by Crippen LogP contribution is -2.07. The summed E-state index contributed by atoms with van der Waals surface area (Å²) in [5, 5.41) is 2.87. The van der Waals surface area contributed by atoms with Gasteiger partial charge in [-0.15, -0.1) is 0 Å². The van der Waals surface area contributed by atoms with Crippen LogP contribution in [0.3, 0.4) is 0 Å². The van der Waals surface area contributed by atoms with Crippen LogP contribution in [0.1, 0.15) is 11.4 Å². The number of rotatable bonds is 1. The third-order valence-corrected chi connectivity index (χ3v) is 2.20. The van der Waals surface area contributed by atoms with Crippen LogP contribution in [-0.2, 0) is 6.18 Å². The molecule has 0 atom stereocenters. The van der Waals surface area contributed by atoms with Crippen molar-refractivity contribution in [3.63, 3.8) is 0 Å². The van der Waals surface area contributed by atoms with Crippen LogP contribution in [0.2, 0.25) is 0 Å². The number of benzene rings is 1. The average molecular weight is 243 g/mol. The molecule has 2 rings (SSSR count). The molecule has 1 heterocycles. The first kappa shape index (κ1) is 11.4. The summed E-state index contributed by atoms with van der Waals surface area (Å²) < 4.78 is 41.3. The molecule has 90 valence electrons. The second-order valence-corrected chi connectivity index (χ2v) is 3.49. The van der Waals surface area contributed by atoms with Crippen LogP contribution in [0.5, 0.6) is 0 Å². The Bertz CT molecular complexity index is 548. The largest absolute Gasteiger partial charge is 0.455 e. The molecule has 1 aromatic carbocycles. The standard InChI is InChI=1S/C10H8F3N3O/c1-5-4-6(2-3-7(5)14)8-15-9(16-17-8)10(11,12)13/h2-4H,14H2,1H3. The van der Waals surface area contributed by atoms with E-state index in [-0.39, 0.29) is 5.89 Å². The van der Waals surface area contributed by atoms with Gasteiger partial charge < -0.3 is 10.3 Å². The number of nitrogen functional groups attached to an aromatic ring is 1. The van der Waals surface area contributed by atoms with Gasteiger partial charge in [-0.25, -0.2) is 0 Å². The molecule has 0 bridgehead atoms. The van der Waals surface area contributed by atoms with Crippen molar-refractivity contribution in [1.29, 1.82) is 0 Å². The van der Waals surface area contributed by atoms with E-state index in [2.05, 4.69) is 14.7 Å². The summed E-state index contributed by atoms with van der Waals surface area (Å²) in [6.45, 7) is 1.74. The summed E-state index contributed by atoms with van der Waals surface area (Å²) in [6.07, 6.45) is -4.61. The van der Waals surface area contributed by atoms with Gasteiger partial charge in [0.1, 0.15) is 0 Å². The van der Waals surface area contributed by atoms with Crippen LogP contribution in [0.15, 0.2) is 22.7 Å². The van der Waals surface area contributed by atoms with Crippen molar-refractivity contribution in [3.05, 3.63) is 29.6 Å². The predicted octanol–water partition coefficient (Wildman–Crippen LogP) is 2.65. The van der Waals surface area contributed by atoms with E-state index in [4.69, 9.17) is 5.73 Å². The maximum Gasteiger partial charge on any atom is 0.455 e. The molecule has 0 radical (unpaired) electrons. The molecule has 0 spiro atoms. The van der Waals surface area contributed by atoms with Crippen LogP contribution in [0, 0.1) is 6.92 Å². The molecule has 2 N–H and O–H groups in total. The minimum atomic E-state index is -4.61. The number of nitrogens with zero attached hydrogens (tertiary/aromatic N) is 2. The van der Waals surface area contributed by atoms with Crippen molar-refractivity contribution in [2.24, 2.45) is 0 Å². The Morgan fingerprint density at radius 3 is 2.53 bits per heavy atom. The number of aryl methyl sites for hydroxylation is 1. The Morgan fingerprint density at radius 2 is 2.00 bits per heavy atom. The van der Waals surface area contributed by atoms with Gasteiger partial charge in [-0.05, 0) is 30.7 Å². The van der Waals surface area contributed by atoms with Crippen molar-refractivity contribution in [3.8, 4) is 11.5 Å². The highest BCUT2D eigenvalue weighted by atomic mass is 19.4. The highest BCUT2D eigenvalue weighted by Crippen LogP contribution is 2.29. The van der Waals surface area contributed by atoms with Gasteiger partial charge in [-0.3, -0.25) is 0 Å². The maximum absolute atomic E-state index is 12.3. The highest BCUT2D eigenvalue weighted by molar-refractivity contribution is 5.60. The number of aromatic nitrogens is 2. The van der Waals surface area contributed by atoms with Gasteiger partial charge in [0.25, 0.3) is 11.7 Å². The Kier molecular flexibility index (Phi) is 2.53. The molecule has 0 aliphatic carbocycles. The normalized spacial score (nSPS) is 11.8. The van der Waals surface area contributed by atoms with E-state index in [1.165, 1.54) is 6.07 Å². The first-order valence-corrected chi connectivity index (χ1v) is 4.65. The van der Waals surface area contributed by atoms with E-state index in [1.807, 2.05) is 0 Å². The summed E-state index contributed by atoms with van der Waals surface area (Å²) in [5.74, 6) is -1.47. The third kappa shape index (κ3) is 2.22. The fourth-order valence-electron chi connectivity index (χ4n) is 1.26. The monoisotopic (exact) mass is 243 g/mol. The predicted molar refractivity (Wildman–Crippen MR) is 53.9 cm³/mol. The van der Waals surface area contributed by atoms with Crippen LogP contribution >= 0.6 is 0 Å². The first-order valence-electron chi connectivity index (χ1n) is 4.65. The number of anilines is 1. The van der Waals surface area contributed by atoms with Crippen molar-refractivity contribution < 1.29 is 17.7 Å². The average Bonchev–Trinajstić information content (AvgIpc) is 2.70. The summed E-state index contributed by atoms with van der Waals surface area (Å²) in [5.41, 5.74) is 7.27. The second kappa shape index (κ2) is 3.76. The highest BCUT2D eigenvalue weighted by Gasteiger charge is 2.37. The van der Waals surface area contributed by atoms with Crippen molar-refractivity contribution in [2.75, 3.05) is 5.73 Å². The lowest BCUT2D eigenvalue weighted by atomic mass is 10.1. The van der Waals surface area contributed by atoms with E-state index in [9.17, 15) is 13.2 Å². The Morgan fingerprint density at radius 1 is 1.29 bits per heavy atom. The number of hydrogen-bond acceptors (Lipinski definition) is 4. The third-order valence-electron chi connectivity index (χ3n) is 2.20. The van der Waals surface area contributed by atoms with E-state index in [1.54, 1.807) is 19.1 Å². The topological polar surface area (TPSA) is 64.9 Å². The molecule has 2 aromatic rings. The van der Waals surface area contributed by atoms with Crippen molar-refractivity contribution in [1.82, 2.24) is 10.1 Å². The van der Waals surface area contributed by atoms with Crippen molar-refractivity contribution >= 4 is 5.69 Å². The molecule has 0 saturated carbocycles. The van der Waals surface area contributed by atoms with Gasteiger partial charge in [-0.1, -0.05) is 5.16 Å². The molecule has 0 unspecified atom stereocenters. The van der Waals surface area contributed by atoms with E-state index >= 15 is 0 Å². The first-order chi connectivity index (χ1) is 7.88. The lowest BCUT2D eigenvalue weighted by molar-refractivity contribution is -0.146. The van der Waals surface area contributed by atoms with Crippen molar-refractivity contribution in [2.45, 2.75) is 13.1 Å². The second-order valence-electron chi connectivity index (χ2n) is 3.49. The molecule has 0 fully saturated rings.